The molecule has 2 aromatic rings. The average Bonchev–Trinajstić information content (AvgIpc) is 2.56. The van der Waals surface area contributed by atoms with Crippen molar-refractivity contribution in [3.05, 3.63) is 69.6 Å². The van der Waals surface area contributed by atoms with Crippen molar-refractivity contribution in [3.8, 4) is 5.75 Å². The zero-order valence-electron chi connectivity index (χ0n) is 12.5. The molecule has 0 saturated heterocycles. The minimum absolute atomic E-state index is 0.665. The Labute approximate surface area is 129 Å². The minimum Gasteiger partial charge on any atom is -0.497 e. The Kier molecular flexibility index (Phi) is 4.12. The first-order valence-corrected chi connectivity index (χ1v) is 7.34. The fourth-order valence-corrected chi connectivity index (χ4v) is 2.91. The highest BCUT2D eigenvalue weighted by atomic mass is 16.5. The zero-order chi connectivity index (χ0) is 15.4. The second kappa shape index (κ2) is 6.37. The van der Waals surface area contributed by atoms with Gasteiger partial charge in [0, 0.05) is 10.6 Å². The number of methoxy groups -OCH3 is 1. The van der Waals surface area contributed by atoms with Gasteiger partial charge in [0.05, 0.1) is 7.11 Å². The molecule has 1 aliphatic carbocycles. The highest BCUT2D eigenvalue weighted by Gasteiger charge is 2.15. The SMILES string of the molecule is COc1ccc2c(c1)CCC/C2=C/c1ccccc1N=[N+]=[N-]. The highest BCUT2D eigenvalue weighted by molar-refractivity contribution is 5.86. The molecule has 0 aliphatic heterocycles. The number of allylic oxidation sites excluding steroid dienone is 1. The van der Waals surface area contributed by atoms with Crippen LogP contribution in [0.5, 0.6) is 5.75 Å². The molecule has 0 N–H and O–H groups in total. The monoisotopic (exact) mass is 291 g/mol. The molecule has 22 heavy (non-hydrogen) atoms. The van der Waals surface area contributed by atoms with Crippen molar-refractivity contribution in [1.82, 2.24) is 0 Å². The first-order chi connectivity index (χ1) is 10.8. The summed E-state index contributed by atoms with van der Waals surface area (Å²) in [5, 5.41) is 3.77. The summed E-state index contributed by atoms with van der Waals surface area (Å²) in [6.45, 7) is 0. The second-order valence-corrected chi connectivity index (χ2v) is 5.29. The Morgan fingerprint density at radius 2 is 2.05 bits per heavy atom. The van der Waals surface area contributed by atoms with Gasteiger partial charge in [-0.2, -0.15) is 0 Å². The van der Waals surface area contributed by atoms with E-state index in [1.165, 1.54) is 16.7 Å². The van der Waals surface area contributed by atoms with E-state index in [0.29, 0.717) is 5.69 Å². The van der Waals surface area contributed by atoms with Crippen molar-refractivity contribution in [2.24, 2.45) is 5.11 Å². The summed E-state index contributed by atoms with van der Waals surface area (Å²) in [7, 11) is 1.69. The zero-order valence-corrected chi connectivity index (χ0v) is 12.5. The van der Waals surface area contributed by atoms with E-state index >= 15 is 0 Å². The van der Waals surface area contributed by atoms with Gasteiger partial charge in [-0.1, -0.05) is 41.5 Å². The smallest absolute Gasteiger partial charge is 0.119 e. The Morgan fingerprint density at radius 1 is 1.18 bits per heavy atom. The van der Waals surface area contributed by atoms with Crippen LogP contribution in [0.15, 0.2) is 47.6 Å². The summed E-state index contributed by atoms with van der Waals surface area (Å²) in [6, 6.07) is 13.9. The highest BCUT2D eigenvalue weighted by Crippen LogP contribution is 2.35. The molecule has 2 aromatic carbocycles. The third kappa shape index (κ3) is 2.83. The molecule has 110 valence electrons. The number of azide groups is 1. The molecule has 0 atom stereocenters. The first-order valence-electron chi connectivity index (χ1n) is 7.34. The molecule has 0 unspecified atom stereocenters. The number of hydrogen-bond acceptors (Lipinski definition) is 2. The molecular formula is C18H17N3O. The summed E-state index contributed by atoms with van der Waals surface area (Å²) in [5.74, 6) is 0.898. The predicted octanol–water partition coefficient (Wildman–Crippen LogP) is 5.51. The Morgan fingerprint density at radius 3 is 2.86 bits per heavy atom. The maximum absolute atomic E-state index is 8.69. The Balaban J connectivity index is 2.06. The van der Waals surface area contributed by atoms with Crippen molar-refractivity contribution in [2.45, 2.75) is 19.3 Å². The molecule has 0 heterocycles. The summed E-state index contributed by atoms with van der Waals surface area (Å²) in [6.07, 6.45) is 5.36. The average molecular weight is 291 g/mol. The lowest BCUT2D eigenvalue weighted by Crippen LogP contribution is -2.02. The predicted molar refractivity (Wildman–Crippen MR) is 89.1 cm³/mol. The topological polar surface area (TPSA) is 58.0 Å². The van der Waals surface area contributed by atoms with E-state index < -0.39 is 0 Å². The standard InChI is InChI=1S/C18H17N3O/c1-22-16-9-10-17-13(6-4-7-14(17)12-16)11-15-5-2-3-8-18(15)20-21-19/h2-3,5,8-12H,4,6-7H2,1H3/b13-11-. The van der Waals surface area contributed by atoms with Crippen molar-refractivity contribution in [2.75, 3.05) is 7.11 Å². The number of benzene rings is 2. The van der Waals surface area contributed by atoms with E-state index in [4.69, 9.17) is 10.3 Å². The van der Waals surface area contributed by atoms with Gasteiger partial charge in [-0.3, -0.25) is 0 Å². The van der Waals surface area contributed by atoms with Gasteiger partial charge in [-0.25, -0.2) is 0 Å². The second-order valence-electron chi connectivity index (χ2n) is 5.29. The van der Waals surface area contributed by atoms with Crippen molar-refractivity contribution in [1.29, 1.82) is 0 Å². The van der Waals surface area contributed by atoms with Crippen molar-refractivity contribution >= 4 is 17.3 Å². The molecule has 1 aliphatic rings. The summed E-state index contributed by atoms with van der Waals surface area (Å²) < 4.78 is 5.31. The minimum atomic E-state index is 0.665. The molecule has 3 rings (SSSR count). The van der Waals surface area contributed by atoms with Crippen molar-refractivity contribution in [3.63, 3.8) is 0 Å². The van der Waals surface area contributed by atoms with Gasteiger partial charge in [-0.15, -0.1) is 0 Å². The molecule has 0 aromatic heterocycles. The van der Waals surface area contributed by atoms with E-state index in [2.05, 4.69) is 28.2 Å². The van der Waals surface area contributed by atoms with E-state index in [1.807, 2.05) is 30.3 Å². The number of nitrogens with zero attached hydrogens (tertiary/aromatic N) is 3. The fourth-order valence-electron chi connectivity index (χ4n) is 2.91. The molecule has 4 nitrogen and oxygen atoms in total. The maximum Gasteiger partial charge on any atom is 0.119 e. The van der Waals surface area contributed by atoms with Crippen LogP contribution in [0.2, 0.25) is 0 Å². The molecular weight excluding hydrogens is 274 g/mol. The Bertz CT molecular complexity index is 774. The normalized spacial score (nSPS) is 15.0. The summed E-state index contributed by atoms with van der Waals surface area (Å²) in [5.41, 5.74) is 14.2. The van der Waals surface area contributed by atoms with Crippen LogP contribution in [-0.4, -0.2) is 7.11 Å². The number of rotatable bonds is 3. The lowest BCUT2D eigenvalue weighted by Gasteiger charge is -2.20. The van der Waals surface area contributed by atoms with E-state index in [0.717, 1.165) is 30.6 Å². The summed E-state index contributed by atoms with van der Waals surface area (Å²) in [4.78, 5) is 2.91. The maximum atomic E-state index is 8.69. The Hall–Kier alpha value is -2.71. The van der Waals surface area contributed by atoms with E-state index in [1.54, 1.807) is 7.11 Å². The van der Waals surface area contributed by atoms with Crippen LogP contribution in [-0.2, 0) is 6.42 Å². The van der Waals surface area contributed by atoms with Crippen LogP contribution < -0.4 is 4.74 Å². The molecule has 0 fully saturated rings. The number of fused-ring (bicyclic) bond motifs is 1. The van der Waals surface area contributed by atoms with E-state index in [9.17, 15) is 0 Å². The van der Waals surface area contributed by atoms with Gasteiger partial charge in [0.2, 0.25) is 0 Å². The molecule has 0 bridgehead atoms. The lowest BCUT2D eigenvalue weighted by molar-refractivity contribution is 0.414. The van der Waals surface area contributed by atoms with Gasteiger partial charge in [0.25, 0.3) is 0 Å². The van der Waals surface area contributed by atoms with E-state index in [-0.39, 0.29) is 0 Å². The van der Waals surface area contributed by atoms with Gasteiger partial charge in [-0.05, 0) is 59.2 Å². The molecule has 4 heteroatoms. The quantitative estimate of drug-likeness (QED) is 0.417. The van der Waals surface area contributed by atoms with Crippen LogP contribution in [0, 0.1) is 0 Å². The fraction of sp³-hybridized carbons (Fsp3) is 0.222. The third-order valence-electron chi connectivity index (χ3n) is 3.97. The number of hydrogen-bond donors (Lipinski definition) is 0. The summed E-state index contributed by atoms with van der Waals surface area (Å²) >= 11 is 0. The van der Waals surface area contributed by atoms with Crippen LogP contribution >= 0.6 is 0 Å². The largest absolute Gasteiger partial charge is 0.497 e. The number of aryl methyl sites for hydroxylation is 1. The molecule has 0 radical (unpaired) electrons. The van der Waals surface area contributed by atoms with Gasteiger partial charge in [0.1, 0.15) is 5.75 Å². The van der Waals surface area contributed by atoms with Gasteiger partial charge < -0.3 is 4.74 Å². The van der Waals surface area contributed by atoms with Crippen LogP contribution in [0.25, 0.3) is 22.1 Å². The van der Waals surface area contributed by atoms with Crippen molar-refractivity contribution < 1.29 is 4.74 Å². The third-order valence-corrected chi connectivity index (χ3v) is 3.97. The van der Waals surface area contributed by atoms with Gasteiger partial charge in [0.15, 0.2) is 0 Å². The molecule has 0 saturated carbocycles. The number of ether oxygens (including phenoxy) is 1. The van der Waals surface area contributed by atoms with Crippen LogP contribution in [0.4, 0.5) is 5.69 Å². The van der Waals surface area contributed by atoms with Crippen LogP contribution in [0.3, 0.4) is 0 Å². The van der Waals surface area contributed by atoms with Crippen LogP contribution in [0.1, 0.15) is 29.5 Å². The lowest BCUT2D eigenvalue weighted by atomic mass is 9.86. The molecule has 0 amide bonds. The molecule has 0 spiro atoms. The van der Waals surface area contributed by atoms with Gasteiger partial charge >= 0.3 is 0 Å². The first kappa shape index (κ1) is 14.2.